The monoisotopic (exact) mass is 248 g/mol. The maximum absolute atomic E-state index is 13.0. The van der Waals surface area contributed by atoms with Crippen molar-refractivity contribution < 1.29 is 13.6 Å². The fraction of sp³-hybridized carbons (Fsp3) is 0.0769. The number of carbonyl (C=O) groups excluding carboxylic acids is 1. The Kier molecular flexibility index (Phi) is 3.32. The molecular formula is C13H10F2N2O. The van der Waals surface area contributed by atoms with Crippen LogP contribution in [0.4, 0.5) is 8.78 Å². The molecule has 3 nitrogen and oxygen atoms in total. The number of benzene rings is 1. The number of rotatable bonds is 3. The predicted octanol–water partition coefficient (Wildman–Crippen LogP) is 2.05. The topological polar surface area (TPSA) is 56.0 Å². The van der Waals surface area contributed by atoms with Crippen LogP contribution in [0, 0.1) is 11.6 Å². The van der Waals surface area contributed by atoms with Gasteiger partial charge in [0.15, 0.2) is 11.6 Å². The molecule has 0 unspecified atom stereocenters. The van der Waals surface area contributed by atoms with Crippen molar-refractivity contribution in [3.8, 4) is 0 Å². The lowest BCUT2D eigenvalue weighted by atomic mass is 10.1. The highest BCUT2D eigenvalue weighted by atomic mass is 19.2. The third-order valence-electron chi connectivity index (χ3n) is 2.47. The zero-order chi connectivity index (χ0) is 13.1. The molecule has 0 bridgehead atoms. The molecule has 2 rings (SSSR count). The summed E-state index contributed by atoms with van der Waals surface area (Å²) in [5.41, 5.74) is 6.62. The van der Waals surface area contributed by atoms with Crippen LogP contribution in [0.5, 0.6) is 0 Å². The third kappa shape index (κ3) is 2.68. The summed E-state index contributed by atoms with van der Waals surface area (Å²) in [6, 6.07) is 6.66. The summed E-state index contributed by atoms with van der Waals surface area (Å²) in [5, 5.41) is 0. The van der Waals surface area contributed by atoms with E-state index < -0.39 is 17.5 Å². The number of pyridine rings is 1. The quantitative estimate of drug-likeness (QED) is 0.903. The summed E-state index contributed by atoms with van der Waals surface area (Å²) < 4.78 is 25.8. The molecule has 1 heterocycles. The van der Waals surface area contributed by atoms with Gasteiger partial charge in [0.25, 0.3) is 0 Å². The van der Waals surface area contributed by atoms with Gasteiger partial charge in [0, 0.05) is 23.9 Å². The van der Waals surface area contributed by atoms with E-state index in [1.807, 2.05) is 0 Å². The second-order valence-electron chi connectivity index (χ2n) is 3.83. The molecule has 0 aliphatic rings. The summed E-state index contributed by atoms with van der Waals surface area (Å²) >= 11 is 0. The zero-order valence-corrected chi connectivity index (χ0v) is 9.36. The van der Waals surface area contributed by atoms with Crippen LogP contribution in [0.25, 0.3) is 0 Å². The summed E-state index contributed by atoms with van der Waals surface area (Å²) in [7, 11) is 0. The van der Waals surface area contributed by atoms with Crippen molar-refractivity contribution in [2.75, 3.05) is 0 Å². The first-order valence-corrected chi connectivity index (χ1v) is 5.25. The molecule has 0 radical (unpaired) electrons. The van der Waals surface area contributed by atoms with E-state index in [0.717, 1.165) is 12.1 Å². The highest BCUT2D eigenvalue weighted by Gasteiger charge is 2.06. The van der Waals surface area contributed by atoms with Crippen molar-refractivity contribution in [3.05, 3.63) is 65.0 Å². The normalized spacial score (nSPS) is 10.3. The van der Waals surface area contributed by atoms with Crippen molar-refractivity contribution in [1.29, 1.82) is 0 Å². The van der Waals surface area contributed by atoms with E-state index in [1.165, 1.54) is 24.4 Å². The molecule has 0 atom stereocenters. The molecule has 0 spiro atoms. The van der Waals surface area contributed by atoms with Gasteiger partial charge in [-0.1, -0.05) is 6.07 Å². The van der Waals surface area contributed by atoms with Gasteiger partial charge in [0.2, 0.25) is 5.91 Å². The highest BCUT2D eigenvalue weighted by Crippen LogP contribution is 2.13. The molecule has 18 heavy (non-hydrogen) atoms. The van der Waals surface area contributed by atoms with E-state index in [4.69, 9.17) is 5.73 Å². The number of aromatic nitrogens is 1. The van der Waals surface area contributed by atoms with Crippen LogP contribution in [0.3, 0.4) is 0 Å². The smallest absolute Gasteiger partial charge is 0.248 e. The standard InChI is InChI=1S/C13H10F2N2O/c14-11-2-1-8(6-12(11)15)5-10-7-9(13(16)18)3-4-17-10/h1-4,6-7H,5H2,(H2,16,18). The lowest BCUT2D eigenvalue weighted by Gasteiger charge is -2.03. The van der Waals surface area contributed by atoms with Crippen molar-refractivity contribution in [2.45, 2.75) is 6.42 Å². The summed E-state index contributed by atoms with van der Waals surface area (Å²) in [4.78, 5) is 15.0. The first-order chi connectivity index (χ1) is 8.56. The Balaban J connectivity index is 2.25. The molecule has 2 aromatic rings. The number of nitrogens with zero attached hydrogens (tertiary/aromatic N) is 1. The molecule has 0 aliphatic heterocycles. The number of halogens is 2. The molecule has 1 aromatic carbocycles. The lowest BCUT2D eigenvalue weighted by molar-refractivity contribution is 0.1000. The highest BCUT2D eigenvalue weighted by molar-refractivity contribution is 5.92. The molecule has 1 amide bonds. The van der Waals surface area contributed by atoms with Gasteiger partial charge in [-0.05, 0) is 29.8 Å². The van der Waals surface area contributed by atoms with Gasteiger partial charge >= 0.3 is 0 Å². The summed E-state index contributed by atoms with van der Waals surface area (Å²) in [6.07, 6.45) is 1.76. The first kappa shape index (κ1) is 12.2. The largest absolute Gasteiger partial charge is 0.366 e. The third-order valence-corrected chi connectivity index (χ3v) is 2.47. The molecule has 1 aromatic heterocycles. The van der Waals surface area contributed by atoms with Crippen LogP contribution in [-0.2, 0) is 6.42 Å². The Bertz CT molecular complexity index is 599. The Morgan fingerprint density at radius 2 is 1.94 bits per heavy atom. The zero-order valence-electron chi connectivity index (χ0n) is 9.36. The Morgan fingerprint density at radius 1 is 1.17 bits per heavy atom. The second kappa shape index (κ2) is 4.91. The molecule has 0 aliphatic carbocycles. The van der Waals surface area contributed by atoms with Crippen molar-refractivity contribution in [2.24, 2.45) is 5.73 Å². The second-order valence-corrected chi connectivity index (χ2v) is 3.83. The van der Waals surface area contributed by atoms with Crippen LogP contribution >= 0.6 is 0 Å². The SMILES string of the molecule is NC(=O)c1ccnc(Cc2ccc(F)c(F)c2)c1. The molecule has 0 saturated heterocycles. The summed E-state index contributed by atoms with van der Waals surface area (Å²) in [5.74, 6) is -2.35. The van der Waals surface area contributed by atoms with E-state index in [9.17, 15) is 13.6 Å². The van der Waals surface area contributed by atoms with Gasteiger partial charge < -0.3 is 5.73 Å². The van der Waals surface area contributed by atoms with Crippen LogP contribution < -0.4 is 5.73 Å². The number of amides is 1. The van der Waals surface area contributed by atoms with Crippen molar-refractivity contribution in [1.82, 2.24) is 4.98 Å². The number of carbonyl (C=O) groups is 1. The van der Waals surface area contributed by atoms with Crippen LogP contribution in [-0.4, -0.2) is 10.9 Å². The van der Waals surface area contributed by atoms with Gasteiger partial charge in [0.1, 0.15) is 0 Å². The van der Waals surface area contributed by atoms with Gasteiger partial charge in [-0.25, -0.2) is 8.78 Å². The van der Waals surface area contributed by atoms with E-state index in [2.05, 4.69) is 4.98 Å². The van der Waals surface area contributed by atoms with Gasteiger partial charge in [-0.3, -0.25) is 9.78 Å². The molecule has 92 valence electrons. The lowest BCUT2D eigenvalue weighted by Crippen LogP contribution is -2.11. The maximum Gasteiger partial charge on any atom is 0.248 e. The number of hydrogen-bond donors (Lipinski definition) is 1. The molecule has 0 saturated carbocycles. The van der Waals surface area contributed by atoms with Gasteiger partial charge in [-0.15, -0.1) is 0 Å². The van der Waals surface area contributed by atoms with Gasteiger partial charge in [-0.2, -0.15) is 0 Å². The number of nitrogens with two attached hydrogens (primary N) is 1. The first-order valence-electron chi connectivity index (χ1n) is 5.25. The minimum Gasteiger partial charge on any atom is -0.366 e. The Labute approximate surface area is 102 Å². The predicted molar refractivity (Wildman–Crippen MR) is 61.9 cm³/mol. The maximum atomic E-state index is 13.0. The fourth-order valence-electron chi connectivity index (χ4n) is 1.59. The fourth-order valence-corrected chi connectivity index (χ4v) is 1.59. The number of hydrogen-bond acceptors (Lipinski definition) is 2. The number of primary amides is 1. The van der Waals surface area contributed by atoms with Crippen LogP contribution in [0.1, 0.15) is 21.6 Å². The molecule has 0 fully saturated rings. The van der Waals surface area contributed by atoms with E-state index in [1.54, 1.807) is 0 Å². The molecule has 5 heteroatoms. The van der Waals surface area contributed by atoms with E-state index in [-0.39, 0.29) is 0 Å². The molecule has 2 N–H and O–H groups in total. The van der Waals surface area contributed by atoms with Crippen molar-refractivity contribution in [3.63, 3.8) is 0 Å². The average molecular weight is 248 g/mol. The Morgan fingerprint density at radius 3 is 2.61 bits per heavy atom. The van der Waals surface area contributed by atoms with Crippen molar-refractivity contribution >= 4 is 5.91 Å². The average Bonchev–Trinajstić information content (AvgIpc) is 2.34. The minimum absolute atomic E-state index is 0.304. The van der Waals surface area contributed by atoms with Crippen LogP contribution in [0.2, 0.25) is 0 Å². The Hall–Kier alpha value is -2.30. The van der Waals surface area contributed by atoms with E-state index >= 15 is 0 Å². The van der Waals surface area contributed by atoms with Gasteiger partial charge in [0.05, 0.1) is 0 Å². The van der Waals surface area contributed by atoms with Crippen LogP contribution in [0.15, 0.2) is 36.5 Å². The molecular weight excluding hydrogens is 238 g/mol. The summed E-state index contributed by atoms with van der Waals surface area (Å²) in [6.45, 7) is 0. The minimum atomic E-state index is -0.904. The van der Waals surface area contributed by atoms with E-state index in [0.29, 0.717) is 23.2 Å².